The van der Waals surface area contributed by atoms with Gasteiger partial charge in [0.1, 0.15) is 0 Å². The topological polar surface area (TPSA) is 84.7 Å². The lowest BCUT2D eigenvalue weighted by atomic mass is 10.0. The van der Waals surface area contributed by atoms with Crippen LogP contribution in [0.4, 0.5) is 0 Å². The third-order valence-corrected chi connectivity index (χ3v) is 7.57. The largest absolute Gasteiger partial charge is 0.405 e. The van der Waals surface area contributed by atoms with Crippen molar-refractivity contribution >= 4 is 30.1 Å². The Morgan fingerprint density at radius 1 is 1.19 bits per heavy atom. The van der Waals surface area contributed by atoms with Crippen LogP contribution >= 0.6 is 19.3 Å². The van der Waals surface area contributed by atoms with Crippen molar-refractivity contribution in [1.29, 1.82) is 0 Å². The van der Waals surface area contributed by atoms with Crippen LogP contribution in [-0.4, -0.2) is 39.5 Å². The molecule has 9 heteroatoms. The van der Waals surface area contributed by atoms with Crippen molar-refractivity contribution in [3.05, 3.63) is 75.2 Å². The monoisotopic (exact) mass is 477 g/mol. The molecule has 3 rings (SSSR count). The van der Waals surface area contributed by atoms with Gasteiger partial charge in [-0.25, -0.2) is 13.9 Å². The number of hydrogen-bond acceptors (Lipinski definition) is 4. The van der Waals surface area contributed by atoms with Crippen molar-refractivity contribution in [2.75, 3.05) is 20.2 Å². The highest BCUT2D eigenvalue weighted by atomic mass is 35.5. The van der Waals surface area contributed by atoms with Crippen molar-refractivity contribution < 1.29 is 14.0 Å². The molecule has 1 heterocycles. The molecular formula is C23H29ClN3O4P. The van der Waals surface area contributed by atoms with Crippen molar-refractivity contribution in [2.45, 2.75) is 39.2 Å². The van der Waals surface area contributed by atoms with E-state index in [4.69, 9.17) is 21.2 Å². The summed E-state index contributed by atoms with van der Waals surface area (Å²) in [6, 6.07) is 14.8. The van der Waals surface area contributed by atoms with Crippen LogP contribution in [0.15, 0.2) is 53.3 Å². The molecule has 172 valence electrons. The quantitative estimate of drug-likeness (QED) is 0.411. The molecule has 2 unspecified atom stereocenters. The molecule has 0 spiro atoms. The fourth-order valence-electron chi connectivity index (χ4n) is 3.87. The van der Waals surface area contributed by atoms with Crippen LogP contribution in [0.1, 0.15) is 44.0 Å². The summed E-state index contributed by atoms with van der Waals surface area (Å²) in [5.74, 6) is 0. The van der Waals surface area contributed by atoms with E-state index in [-0.39, 0.29) is 11.6 Å². The van der Waals surface area contributed by atoms with E-state index in [1.54, 1.807) is 6.92 Å². The highest BCUT2D eigenvalue weighted by Gasteiger charge is 2.28. The summed E-state index contributed by atoms with van der Waals surface area (Å²) in [7, 11) is -2.62. The predicted octanol–water partition coefficient (Wildman–Crippen LogP) is 5.05. The van der Waals surface area contributed by atoms with Gasteiger partial charge < -0.3 is 9.42 Å². The van der Waals surface area contributed by atoms with E-state index in [0.717, 1.165) is 16.6 Å². The maximum Gasteiger partial charge on any atom is 0.405 e. The highest BCUT2D eigenvalue weighted by molar-refractivity contribution is 7.50. The molecule has 0 amide bonds. The molecule has 1 N–H and O–H groups in total. The van der Waals surface area contributed by atoms with Crippen molar-refractivity contribution in [3.63, 3.8) is 0 Å². The van der Waals surface area contributed by atoms with Crippen LogP contribution < -0.4 is 5.56 Å². The molecule has 0 aliphatic rings. The number of fused-ring (bicyclic) bond motifs is 1. The third kappa shape index (κ3) is 5.48. The lowest BCUT2D eigenvalue weighted by Gasteiger charge is -2.26. The third-order valence-electron chi connectivity index (χ3n) is 5.66. The van der Waals surface area contributed by atoms with E-state index in [1.807, 2.05) is 55.5 Å². The SMILES string of the molecule is CCC(CCN(CC)P(=O)(O)OC)n1nc(Cc2cccc(Cl)c2)c2ccccc2c1=O. The lowest BCUT2D eigenvalue weighted by molar-refractivity contribution is 0.229. The molecule has 2 atom stereocenters. The minimum absolute atomic E-state index is 0.163. The Kier molecular flexibility index (Phi) is 8.26. The maximum absolute atomic E-state index is 13.3. The zero-order valence-corrected chi connectivity index (χ0v) is 20.2. The second-order valence-corrected chi connectivity index (χ2v) is 9.97. The fourth-order valence-corrected chi connectivity index (χ4v) is 5.04. The number of nitrogens with zero attached hydrogens (tertiary/aromatic N) is 3. The Morgan fingerprint density at radius 3 is 2.53 bits per heavy atom. The van der Waals surface area contributed by atoms with Crippen LogP contribution in [0.25, 0.3) is 10.8 Å². The van der Waals surface area contributed by atoms with E-state index >= 15 is 0 Å². The minimum atomic E-state index is -3.84. The van der Waals surface area contributed by atoms with E-state index in [1.165, 1.54) is 16.5 Å². The molecule has 0 saturated heterocycles. The Balaban J connectivity index is 2.00. The molecule has 32 heavy (non-hydrogen) atoms. The molecule has 0 bridgehead atoms. The van der Waals surface area contributed by atoms with Gasteiger partial charge in [-0.05, 0) is 36.6 Å². The van der Waals surface area contributed by atoms with Gasteiger partial charge in [-0.3, -0.25) is 4.79 Å². The summed E-state index contributed by atoms with van der Waals surface area (Å²) in [6.07, 6.45) is 1.68. The first kappa shape index (κ1) is 24.6. The van der Waals surface area contributed by atoms with Crippen LogP contribution in [-0.2, 0) is 15.5 Å². The Hall–Kier alpha value is -2.02. The maximum atomic E-state index is 13.3. The number of aromatic nitrogens is 2. The molecular weight excluding hydrogens is 449 g/mol. The standard InChI is InChI=1S/C23H29ClN3O4P/c1-4-19(13-14-26(5-2)32(29,30)31-3)27-23(28)21-12-7-6-11-20(21)22(25-27)16-17-9-8-10-18(24)15-17/h6-12,15,19H,4-5,13-14,16H2,1-3H3,(H,29,30). The second kappa shape index (κ2) is 10.7. The van der Waals surface area contributed by atoms with Gasteiger partial charge in [0.15, 0.2) is 0 Å². The molecule has 0 radical (unpaired) electrons. The Bertz CT molecular complexity index is 1180. The van der Waals surface area contributed by atoms with Crippen molar-refractivity contribution in [2.24, 2.45) is 0 Å². The lowest BCUT2D eigenvalue weighted by Crippen LogP contribution is -2.31. The summed E-state index contributed by atoms with van der Waals surface area (Å²) in [5, 5.41) is 6.84. The molecule has 0 aliphatic carbocycles. The van der Waals surface area contributed by atoms with Gasteiger partial charge in [-0.1, -0.05) is 55.8 Å². The number of rotatable bonds is 10. The smallest absolute Gasteiger partial charge is 0.312 e. The van der Waals surface area contributed by atoms with E-state index in [9.17, 15) is 14.3 Å². The molecule has 1 aromatic heterocycles. The van der Waals surface area contributed by atoms with Crippen LogP contribution in [0, 0.1) is 0 Å². The number of benzene rings is 2. The van der Waals surface area contributed by atoms with Crippen LogP contribution in [0.5, 0.6) is 0 Å². The summed E-state index contributed by atoms with van der Waals surface area (Å²) < 4.78 is 20.0. The molecule has 0 aliphatic heterocycles. The van der Waals surface area contributed by atoms with E-state index in [0.29, 0.717) is 42.8 Å². The van der Waals surface area contributed by atoms with Gasteiger partial charge in [0.25, 0.3) is 5.56 Å². The van der Waals surface area contributed by atoms with Gasteiger partial charge >= 0.3 is 7.75 Å². The first-order valence-corrected chi connectivity index (χ1v) is 12.6. The molecule has 0 saturated carbocycles. The number of hydrogen-bond donors (Lipinski definition) is 1. The highest BCUT2D eigenvalue weighted by Crippen LogP contribution is 2.45. The normalized spacial score (nSPS) is 14.6. The van der Waals surface area contributed by atoms with E-state index < -0.39 is 7.75 Å². The fraction of sp³-hybridized carbons (Fsp3) is 0.391. The summed E-state index contributed by atoms with van der Waals surface area (Å²) >= 11 is 6.16. The molecule has 0 fully saturated rings. The number of halogens is 1. The summed E-state index contributed by atoms with van der Waals surface area (Å²) in [4.78, 5) is 23.3. The molecule has 2 aromatic carbocycles. The minimum Gasteiger partial charge on any atom is -0.312 e. The Morgan fingerprint density at radius 2 is 1.91 bits per heavy atom. The van der Waals surface area contributed by atoms with E-state index in [2.05, 4.69) is 0 Å². The first-order chi connectivity index (χ1) is 15.3. The molecule has 7 nitrogen and oxygen atoms in total. The average molecular weight is 478 g/mol. The first-order valence-electron chi connectivity index (χ1n) is 10.7. The molecule has 3 aromatic rings. The van der Waals surface area contributed by atoms with Gasteiger partial charge in [0.05, 0.1) is 17.1 Å². The Labute approximate surface area is 193 Å². The van der Waals surface area contributed by atoms with Gasteiger partial charge in [0.2, 0.25) is 0 Å². The van der Waals surface area contributed by atoms with Gasteiger partial charge in [0, 0.05) is 37.0 Å². The van der Waals surface area contributed by atoms with Crippen molar-refractivity contribution in [3.8, 4) is 0 Å². The zero-order valence-electron chi connectivity index (χ0n) is 18.6. The summed E-state index contributed by atoms with van der Waals surface area (Å²) in [6.45, 7) is 4.45. The second-order valence-electron chi connectivity index (χ2n) is 7.62. The summed E-state index contributed by atoms with van der Waals surface area (Å²) in [5.41, 5.74) is 1.63. The van der Waals surface area contributed by atoms with Gasteiger partial charge in [-0.15, -0.1) is 0 Å². The zero-order chi connectivity index (χ0) is 23.3. The van der Waals surface area contributed by atoms with Crippen LogP contribution in [0.3, 0.4) is 0 Å². The van der Waals surface area contributed by atoms with Gasteiger partial charge in [-0.2, -0.15) is 5.10 Å². The average Bonchev–Trinajstić information content (AvgIpc) is 2.79. The van der Waals surface area contributed by atoms with Crippen molar-refractivity contribution in [1.82, 2.24) is 14.5 Å². The van der Waals surface area contributed by atoms with Crippen LogP contribution in [0.2, 0.25) is 5.02 Å². The predicted molar refractivity (Wildman–Crippen MR) is 128 cm³/mol.